The molecular formula is C18H26ClN2O3+. The van der Waals surface area contributed by atoms with Crippen molar-refractivity contribution >= 4 is 29.2 Å². The number of quaternary nitrogens is 1. The lowest BCUT2D eigenvalue weighted by molar-refractivity contribution is -0.899. The van der Waals surface area contributed by atoms with Gasteiger partial charge in [0.1, 0.15) is 5.92 Å². The molecule has 2 N–H and O–H groups in total. The molecule has 132 valence electrons. The Kier molecular flexibility index (Phi) is 6.63. The number of likely N-dealkylation sites (tertiary alicyclic amines) is 1. The predicted molar refractivity (Wildman–Crippen MR) is 94.5 cm³/mol. The van der Waals surface area contributed by atoms with Crippen LogP contribution >= 0.6 is 11.6 Å². The molecule has 24 heavy (non-hydrogen) atoms. The third kappa shape index (κ3) is 4.95. The number of rotatable bonds is 5. The van der Waals surface area contributed by atoms with E-state index >= 15 is 0 Å². The largest absolute Gasteiger partial charge is 0.466 e. The highest BCUT2D eigenvalue weighted by Crippen LogP contribution is 2.27. The SMILES string of the molecule is CCOC(=O)[C@H]1CCC[NH+](CC(=O)Nc2c(C)cc(C)cc2Cl)C1. The van der Waals surface area contributed by atoms with Crippen LogP contribution in [0.1, 0.15) is 30.9 Å². The number of hydrogen-bond donors (Lipinski definition) is 2. The number of esters is 1. The summed E-state index contributed by atoms with van der Waals surface area (Å²) in [4.78, 5) is 25.4. The second kappa shape index (κ2) is 8.49. The van der Waals surface area contributed by atoms with Crippen LogP contribution in [-0.4, -0.2) is 38.1 Å². The highest BCUT2D eigenvalue weighted by atomic mass is 35.5. The summed E-state index contributed by atoms with van der Waals surface area (Å²) in [6.45, 7) is 7.98. The molecule has 0 aromatic heterocycles. The third-order valence-electron chi connectivity index (χ3n) is 4.34. The highest BCUT2D eigenvalue weighted by Gasteiger charge is 2.30. The zero-order chi connectivity index (χ0) is 17.7. The van der Waals surface area contributed by atoms with Gasteiger partial charge in [-0.3, -0.25) is 9.59 Å². The van der Waals surface area contributed by atoms with Crippen LogP contribution in [0.15, 0.2) is 12.1 Å². The lowest BCUT2D eigenvalue weighted by atomic mass is 9.98. The fourth-order valence-corrected chi connectivity index (χ4v) is 3.63. The first-order valence-electron chi connectivity index (χ1n) is 8.47. The Morgan fingerprint density at radius 1 is 1.38 bits per heavy atom. The summed E-state index contributed by atoms with van der Waals surface area (Å²) < 4.78 is 5.10. The van der Waals surface area contributed by atoms with Crippen LogP contribution in [0, 0.1) is 19.8 Å². The van der Waals surface area contributed by atoms with Gasteiger partial charge < -0.3 is 15.0 Å². The summed E-state index contributed by atoms with van der Waals surface area (Å²) in [5.74, 6) is -0.331. The summed E-state index contributed by atoms with van der Waals surface area (Å²) in [5.41, 5.74) is 2.69. The van der Waals surface area contributed by atoms with Crippen molar-refractivity contribution in [1.82, 2.24) is 0 Å². The quantitative estimate of drug-likeness (QED) is 0.793. The highest BCUT2D eigenvalue weighted by molar-refractivity contribution is 6.34. The molecule has 1 aromatic rings. The Morgan fingerprint density at radius 2 is 2.12 bits per heavy atom. The molecule has 1 aliphatic rings. The molecule has 2 atom stereocenters. The van der Waals surface area contributed by atoms with Gasteiger partial charge in [0.2, 0.25) is 0 Å². The molecule has 1 unspecified atom stereocenters. The van der Waals surface area contributed by atoms with Crippen LogP contribution in [0.25, 0.3) is 0 Å². The lowest BCUT2D eigenvalue weighted by Crippen LogP contribution is -3.14. The van der Waals surface area contributed by atoms with Crippen molar-refractivity contribution in [2.45, 2.75) is 33.6 Å². The minimum absolute atomic E-state index is 0.0802. The summed E-state index contributed by atoms with van der Waals surface area (Å²) in [6.07, 6.45) is 1.77. The number of ether oxygens (including phenoxy) is 1. The van der Waals surface area contributed by atoms with E-state index < -0.39 is 0 Å². The van der Waals surface area contributed by atoms with Gasteiger partial charge in [-0.1, -0.05) is 17.7 Å². The average Bonchev–Trinajstić information content (AvgIpc) is 2.51. The Bertz CT molecular complexity index is 595. The number of carbonyl (C=O) groups excluding carboxylic acids is 2. The van der Waals surface area contributed by atoms with Crippen LogP contribution in [0.5, 0.6) is 0 Å². The lowest BCUT2D eigenvalue weighted by Gasteiger charge is -2.28. The number of halogens is 1. The van der Waals surface area contributed by atoms with E-state index in [-0.39, 0.29) is 17.8 Å². The number of anilines is 1. The van der Waals surface area contributed by atoms with Crippen LogP contribution in [0.4, 0.5) is 5.69 Å². The number of piperidine rings is 1. The van der Waals surface area contributed by atoms with Crippen LogP contribution in [0.2, 0.25) is 5.02 Å². The molecule has 2 rings (SSSR count). The first-order valence-corrected chi connectivity index (χ1v) is 8.85. The zero-order valence-corrected chi connectivity index (χ0v) is 15.3. The van der Waals surface area contributed by atoms with Gasteiger partial charge in [-0.25, -0.2) is 0 Å². The first kappa shape index (κ1) is 18.7. The molecule has 0 spiro atoms. The summed E-state index contributed by atoms with van der Waals surface area (Å²) in [5, 5.41) is 3.47. The fraction of sp³-hybridized carbons (Fsp3) is 0.556. The molecule has 5 nitrogen and oxygen atoms in total. The Labute approximate surface area is 148 Å². The van der Waals surface area contributed by atoms with Crippen molar-refractivity contribution in [3.8, 4) is 0 Å². The van der Waals surface area contributed by atoms with Crippen molar-refractivity contribution in [2.75, 3.05) is 31.6 Å². The number of amides is 1. The Hall–Kier alpha value is -1.59. The minimum Gasteiger partial charge on any atom is -0.466 e. The normalized spacial score (nSPS) is 20.5. The maximum Gasteiger partial charge on any atom is 0.314 e. The number of carbonyl (C=O) groups is 2. The second-order valence-corrected chi connectivity index (χ2v) is 6.87. The van der Waals surface area contributed by atoms with E-state index in [2.05, 4.69) is 5.32 Å². The van der Waals surface area contributed by atoms with Gasteiger partial charge in [0.15, 0.2) is 6.54 Å². The third-order valence-corrected chi connectivity index (χ3v) is 4.64. The van der Waals surface area contributed by atoms with Gasteiger partial charge in [-0.05, 0) is 50.8 Å². The van der Waals surface area contributed by atoms with E-state index in [1.165, 1.54) is 0 Å². The van der Waals surface area contributed by atoms with E-state index in [1.807, 2.05) is 32.9 Å². The Balaban J connectivity index is 1.94. The molecule has 1 fully saturated rings. The van der Waals surface area contributed by atoms with E-state index in [9.17, 15) is 9.59 Å². The maximum absolute atomic E-state index is 12.4. The van der Waals surface area contributed by atoms with Gasteiger partial charge in [0.25, 0.3) is 5.91 Å². The fourth-order valence-electron chi connectivity index (χ4n) is 3.26. The summed E-state index contributed by atoms with van der Waals surface area (Å²) in [7, 11) is 0. The molecule has 0 radical (unpaired) electrons. The van der Waals surface area contributed by atoms with Crippen molar-refractivity contribution in [3.05, 3.63) is 28.3 Å². The molecule has 0 bridgehead atoms. The average molecular weight is 354 g/mol. The summed E-state index contributed by atoms with van der Waals surface area (Å²) in [6, 6.07) is 3.83. The van der Waals surface area contributed by atoms with Gasteiger partial charge >= 0.3 is 5.97 Å². The molecule has 1 aromatic carbocycles. The van der Waals surface area contributed by atoms with Gasteiger partial charge in [-0.2, -0.15) is 0 Å². The van der Waals surface area contributed by atoms with Crippen molar-refractivity contribution in [3.63, 3.8) is 0 Å². The minimum atomic E-state index is -0.146. The molecule has 0 aliphatic carbocycles. The molecule has 1 saturated heterocycles. The van der Waals surface area contributed by atoms with Gasteiger partial charge in [0.05, 0.1) is 30.4 Å². The predicted octanol–water partition coefficient (Wildman–Crippen LogP) is 1.75. The number of hydrogen-bond acceptors (Lipinski definition) is 3. The van der Waals surface area contributed by atoms with Crippen LogP contribution in [-0.2, 0) is 14.3 Å². The number of aryl methyl sites for hydroxylation is 2. The molecule has 1 heterocycles. The smallest absolute Gasteiger partial charge is 0.314 e. The van der Waals surface area contributed by atoms with Gasteiger partial charge in [0, 0.05) is 0 Å². The van der Waals surface area contributed by atoms with Crippen molar-refractivity contribution in [2.24, 2.45) is 5.92 Å². The Morgan fingerprint density at radius 3 is 2.79 bits per heavy atom. The van der Waals surface area contributed by atoms with Crippen LogP contribution in [0.3, 0.4) is 0 Å². The number of nitrogens with one attached hydrogen (secondary N) is 2. The topological polar surface area (TPSA) is 59.8 Å². The second-order valence-electron chi connectivity index (χ2n) is 6.46. The monoisotopic (exact) mass is 353 g/mol. The number of benzene rings is 1. The summed E-state index contributed by atoms with van der Waals surface area (Å²) >= 11 is 6.24. The zero-order valence-electron chi connectivity index (χ0n) is 14.6. The molecule has 1 aliphatic heterocycles. The van der Waals surface area contributed by atoms with Gasteiger partial charge in [-0.15, -0.1) is 0 Å². The first-order chi connectivity index (χ1) is 11.4. The molecule has 6 heteroatoms. The maximum atomic E-state index is 12.4. The van der Waals surface area contributed by atoms with E-state index in [1.54, 1.807) is 0 Å². The molecule has 1 amide bonds. The van der Waals surface area contributed by atoms with Crippen molar-refractivity contribution < 1.29 is 19.2 Å². The van der Waals surface area contributed by atoms with E-state index in [0.717, 1.165) is 35.4 Å². The standard InChI is InChI=1S/C18H25ClN2O3/c1-4-24-18(23)14-6-5-7-21(10-14)11-16(22)20-17-13(3)8-12(2)9-15(17)19/h8-9,14H,4-7,10-11H2,1-3H3,(H,20,22)/p+1/t14-/m0/s1. The molecular weight excluding hydrogens is 328 g/mol. The van der Waals surface area contributed by atoms with E-state index in [4.69, 9.17) is 16.3 Å². The van der Waals surface area contributed by atoms with Crippen LogP contribution < -0.4 is 10.2 Å². The van der Waals surface area contributed by atoms with E-state index in [0.29, 0.717) is 30.4 Å². The van der Waals surface area contributed by atoms with Crippen molar-refractivity contribution in [1.29, 1.82) is 0 Å². The molecule has 0 saturated carbocycles.